The molecule has 1 aliphatic carbocycles. The van der Waals surface area contributed by atoms with Crippen molar-refractivity contribution in [3.05, 3.63) is 0 Å². The van der Waals surface area contributed by atoms with E-state index in [-0.39, 0.29) is 0 Å². The van der Waals surface area contributed by atoms with Crippen LogP contribution in [0.3, 0.4) is 0 Å². The number of rotatable bonds is 8. The van der Waals surface area contributed by atoms with Crippen LogP contribution in [-0.4, -0.2) is 0 Å². The highest BCUT2D eigenvalue weighted by atomic mass is 14.4. The Balaban J connectivity index is 2.12. The van der Waals surface area contributed by atoms with Gasteiger partial charge in [0.25, 0.3) is 0 Å². The Morgan fingerprint density at radius 3 is 2.33 bits per heavy atom. The van der Waals surface area contributed by atoms with Crippen molar-refractivity contribution in [1.82, 2.24) is 0 Å². The van der Waals surface area contributed by atoms with Crippen molar-refractivity contribution in [3.63, 3.8) is 0 Å². The van der Waals surface area contributed by atoms with Crippen molar-refractivity contribution in [1.29, 1.82) is 0 Å². The molecule has 15 heavy (non-hydrogen) atoms. The van der Waals surface area contributed by atoms with Crippen molar-refractivity contribution in [3.8, 4) is 0 Å². The third-order valence-electron chi connectivity index (χ3n) is 4.53. The molecule has 0 amide bonds. The molecule has 0 N–H and O–H groups in total. The first-order valence-electron chi connectivity index (χ1n) is 7.19. The van der Waals surface area contributed by atoms with Crippen LogP contribution in [0.25, 0.3) is 0 Å². The fourth-order valence-corrected chi connectivity index (χ4v) is 2.86. The molecule has 0 aromatic rings. The van der Waals surface area contributed by atoms with Crippen molar-refractivity contribution in [2.24, 2.45) is 23.7 Å². The molecular formula is C15H30. The second kappa shape index (κ2) is 6.55. The predicted molar refractivity (Wildman–Crippen MR) is 69.0 cm³/mol. The minimum atomic E-state index is 0.946. The van der Waals surface area contributed by atoms with Crippen molar-refractivity contribution in [2.75, 3.05) is 0 Å². The van der Waals surface area contributed by atoms with Crippen LogP contribution in [-0.2, 0) is 0 Å². The second-order valence-electron chi connectivity index (χ2n) is 5.84. The van der Waals surface area contributed by atoms with E-state index in [0.29, 0.717) is 0 Å². The molecule has 0 radical (unpaired) electrons. The number of hydrogen-bond acceptors (Lipinski definition) is 0. The van der Waals surface area contributed by atoms with Crippen LogP contribution in [0.4, 0.5) is 0 Å². The SMILES string of the molecule is CCCC(CCCC1CC1C)C(C)CC. The molecule has 0 aromatic carbocycles. The first kappa shape index (κ1) is 13.1. The third kappa shape index (κ3) is 4.57. The maximum Gasteiger partial charge on any atom is -0.0386 e. The van der Waals surface area contributed by atoms with E-state index in [0.717, 1.165) is 23.7 Å². The summed E-state index contributed by atoms with van der Waals surface area (Å²) < 4.78 is 0. The summed E-state index contributed by atoms with van der Waals surface area (Å²) in [6.45, 7) is 9.53. The molecule has 0 spiro atoms. The molecule has 0 aromatic heterocycles. The third-order valence-corrected chi connectivity index (χ3v) is 4.53. The van der Waals surface area contributed by atoms with E-state index < -0.39 is 0 Å². The van der Waals surface area contributed by atoms with Gasteiger partial charge in [-0.3, -0.25) is 0 Å². The Bertz CT molecular complexity index is 161. The molecule has 90 valence electrons. The van der Waals surface area contributed by atoms with E-state index in [2.05, 4.69) is 27.7 Å². The maximum absolute atomic E-state index is 2.44. The topological polar surface area (TPSA) is 0 Å². The average molecular weight is 210 g/mol. The van der Waals surface area contributed by atoms with Crippen LogP contribution in [0, 0.1) is 23.7 Å². The smallest absolute Gasteiger partial charge is 0.0386 e. The van der Waals surface area contributed by atoms with Gasteiger partial charge in [0.2, 0.25) is 0 Å². The van der Waals surface area contributed by atoms with E-state index in [1.807, 2.05) is 0 Å². The molecule has 1 saturated carbocycles. The first-order chi connectivity index (χ1) is 7.19. The summed E-state index contributed by atoms with van der Waals surface area (Å²) in [6.07, 6.45) is 10.2. The molecule has 0 heterocycles. The lowest BCUT2D eigenvalue weighted by atomic mass is 9.84. The van der Waals surface area contributed by atoms with Gasteiger partial charge in [-0.2, -0.15) is 0 Å². The quantitative estimate of drug-likeness (QED) is 0.511. The van der Waals surface area contributed by atoms with E-state index in [1.54, 1.807) is 0 Å². The minimum Gasteiger partial charge on any atom is -0.0654 e. The summed E-state index contributed by atoms with van der Waals surface area (Å²) >= 11 is 0. The Labute approximate surface area is 96.8 Å². The van der Waals surface area contributed by atoms with Crippen LogP contribution in [0.2, 0.25) is 0 Å². The highest BCUT2D eigenvalue weighted by Crippen LogP contribution is 2.42. The lowest BCUT2D eigenvalue weighted by Crippen LogP contribution is -2.11. The monoisotopic (exact) mass is 210 g/mol. The Morgan fingerprint density at radius 2 is 1.87 bits per heavy atom. The summed E-state index contributed by atoms with van der Waals surface area (Å²) in [5, 5.41) is 0. The minimum absolute atomic E-state index is 0.946. The van der Waals surface area contributed by atoms with Crippen LogP contribution < -0.4 is 0 Å². The van der Waals surface area contributed by atoms with E-state index >= 15 is 0 Å². The van der Waals surface area contributed by atoms with Gasteiger partial charge in [-0.1, -0.05) is 66.2 Å². The van der Waals surface area contributed by atoms with Crippen LogP contribution in [0.1, 0.15) is 72.6 Å². The maximum atomic E-state index is 2.44. The van der Waals surface area contributed by atoms with E-state index in [9.17, 15) is 0 Å². The molecule has 4 atom stereocenters. The molecule has 0 bridgehead atoms. The number of hydrogen-bond donors (Lipinski definition) is 0. The lowest BCUT2D eigenvalue weighted by Gasteiger charge is -2.22. The fourth-order valence-electron chi connectivity index (χ4n) is 2.86. The summed E-state index contributed by atoms with van der Waals surface area (Å²) in [5.74, 6) is 4.11. The Kier molecular flexibility index (Phi) is 5.71. The average Bonchev–Trinajstić information content (AvgIpc) is 2.92. The Morgan fingerprint density at radius 1 is 1.20 bits per heavy atom. The highest BCUT2D eigenvalue weighted by molar-refractivity contribution is 4.82. The molecule has 1 fully saturated rings. The fraction of sp³-hybridized carbons (Fsp3) is 1.00. The molecular weight excluding hydrogens is 180 g/mol. The van der Waals surface area contributed by atoms with Crippen LogP contribution in [0.5, 0.6) is 0 Å². The predicted octanol–water partition coefficient (Wildman–Crippen LogP) is 5.28. The summed E-state index contributed by atoms with van der Waals surface area (Å²) in [7, 11) is 0. The molecule has 0 saturated heterocycles. The Hall–Kier alpha value is 0. The molecule has 0 nitrogen and oxygen atoms in total. The molecule has 1 rings (SSSR count). The highest BCUT2D eigenvalue weighted by Gasteiger charge is 2.31. The van der Waals surface area contributed by atoms with Gasteiger partial charge in [0.15, 0.2) is 0 Å². The second-order valence-corrected chi connectivity index (χ2v) is 5.84. The van der Waals surface area contributed by atoms with Gasteiger partial charge in [0.1, 0.15) is 0 Å². The van der Waals surface area contributed by atoms with E-state index in [1.165, 1.54) is 44.9 Å². The summed E-state index contributed by atoms with van der Waals surface area (Å²) in [5.41, 5.74) is 0. The largest absolute Gasteiger partial charge is 0.0654 e. The zero-order valence-electron chi connectivity index (χ0n) is 11.3. The van der Waals surface area contributed by atoms with Gasteiger partial charge in [0.05, 0.1) is 0 Å². The van der Waals surface area contributed by atoms with Crippen LogP contribution in [0.15, 0.2) is 0 Å². The summed E-state index contributed by atoms with van der Waals surface area (Å²) in [4.78, 5) is 0. The molecule has 0 aliphatic heterocycles. The van der Waals surface area contributed by atoms with Gasteiger partial charge in [-0.25, -0.2) is 0 Å². The van der Waals surface area contributed by atoms with Gasteiger partial charge in [-0.05, 0) is 30.1 Å². The molecule has 1 aliphatic rings. The van der Waals surface area contributed by atoms with E-state index in [4.69, 9.17) is 0 Å². The zero-order chi connectivity index (χ0) is 11.3. The van der Waals surface area contributed by atoms with Crippen molar-refractivity contribution in [2.45, 2.75) is 72.6 Å². The summed E-state index contributed by atoms with van der Waals surface area (Å²) in [6, 6.07) is 0. The molecule has 4 unspecified atom stereocenters. The lowest BCUT2D eigenvalue weighted by molar-refractivity contribution is 0.294. The zero-order valence-corrected chi connectivity index (χ0v) is 11.3. The van der Waals surface area contributed by atoms with Crippen molar-refractivity contribution >= 4 is 0 Å². The van der Waals surface area contributed by atoms with Crippen molar-refractivity contribution < 1.29 is 0 Å². The molecule has 0 heteroatoms. The van der Waals surface area contributed by atoms with Gasteiger partial charge in [-0.15, -0.1) is 0 Å². The normalized spacial score (nSPS) is 28.8. The van der Waals surface area contributed by atoms with Gasteiger partial charge >= 0.3 is 0 Å². The van der Waals surface area contributed by atoms with Gasteiger partial charge < -0.3 is 0 Å². The standard InChI is InChI=1S/C15H30/c1-5-8-14(12(3)6-2)9-7-10-15-11-13(15)4/h12-15H,5-11H2,1-4H3. The van der Waals surface area contributed by atoms with Crippen LogP contribution >= 0.6 is 0 Å². The van der Waals surface area contributed by atoms with Gasteiger partial charge in [0, 0.05) is 0 Å². The first-order valence-corrected chi connectivity index (χ1v) is 7.19.